The first-order chi connectivity index (χ1) is 14.1. The summed E-state index contributed by atoms with van der Waals surface area (Å²) in [5, 5.41) is 19.2. The van der Waals surface area contributed by atoms with E-state index in [4.69, 9.17) is 5.11 Å². The van der Waals surface area contributed by atoms with Gasteiger partial charge in [-0.1, -0.05) is 72.8 Å². The number of carbonyl (C=O) groups is 1. The van der Waals surface area contributed by atoms with E-state index in [1.807, 2.05) is 30.3 Å². The van der Waals surface area contributed by atoms with E-state index < -0.39 is 12.1 Å². The van der Waals surface area contributed by atoms with E-state index in [0.29, 0.717) is 5.56 Å². The highest BCUT2D eigenvalue weighted by atomic mass is 16.4. The Kier molecular flexibility index (Phi) is 5.59. The number of aromatic carboxylic acids is 1. The number of aliphatic hydroxyl groups excluding tert-OH is 1. The molecule has 3 aromatic rings. The molecule has 2 aliphatic carbocycles. The molecule has 0 aliphatic heterocycles. The van der Waals surface area contributed by atoms with E-state index in [1.54, 1.807) is 12.1 Å². The molecule has 0 fully saturated rings. The normalized spacial score (nSPS) is 18.5. The van der Waals surface area contributed by atoms with Gasteiger partial charge < -0.3 is 10.2 Å². The molecule has 3 heteroatoms. The largest absolute Gasteiger partial charge is 0.478 e. The predicted molar refractivity (Wildman–Crippen MR) is 115 cm³/mol. The summed E-state index contributed by atoms with van der Waals surface area (Å²) in [7, 11) is 0. The number of fused-ring (bicyclic) bond motifs is 2. The van der Waals surface area contributed by atoms with Gasteiger partial charge >= 0.3 is 5.97 Å². The molecule has 29 heavy (non-hydrogen) atoms. The lowest BCUT2D eigenvalue weighted by Gasteiger charge is -2.15. The Bertz CT molecular complexity index is 1030. The fraction of sp³-hybridized carbons (Fsp3) is 0.192. The summed E-state index contributed by atoms with van der Waals surface area (Å²) in [6.45, 7) is 0. The summed E-state index contributed by atoms with van der Waals surface area (Å²) in [4.78, 5) is 10.8. The molecule has 0 amide bonds. The van der Waals surface area contributed by atoms with Crippen LogP contribution in [0.2, 0.25) is 0 Å². The van der Waals surface area contributed by atoms with Crippen LogP contribution in [0.25, 0.3) is 6.08 Å². The van der Waals surface area contributed by atoms with Gasteiger partial charge in [0.1, 0.15) is 0 Å². The summed E-state index contributed by atoms with van der Waals surface area (Å²) in [5.74, 6) is -0.743. The molecule has 0 spiro atoms. The van der Waals surface area contributed by atoms with Crippen molar-refractivity contribution < 1.29 is 15.0 Å². The smallest absolute Gasteiger partial charge is 0.335 e. The zero-order valence-electron chi connectivity index (χ0n) is 16.2. The highest BCUT2D eigenvalue weighted by Crippen LogP contribution is 2.37. The second-order valence-electron chi connectivity index (χ2n) is 7.62. The number of hydrogen-bond donors (Lipinski definition) is 2. The first-order valence-electron chi connectivity index (χ1n) is 9.94. The van der Waals surface area contributed by atoms with Crippen molar-refractivity contribution >= 4 is 12.0 Å². The zero-order valence-corrected chi connectivity index (χ0v) is 16.2. The fourth-order valence-electron chi connectivity index (χ4n) is 4.12. The Hall–Kier alpha value is -3.17. The van der Waals surface area contributed by atoms with E-state index in [-0.39, 0.29) is 5.92 Å². The van der Waals surface area contributed by atoms with Crippen LogP contribution in [-0.2, 0) is 19.3 Å². The predicted octanol–water partition coefficient (Wildman–Crippen LogP) is 5.09. The van der Waals surface area contributed by atoms with Gasteiger partial charge in [-0.3, -0.25) is 0 Å². The topological polar surface area (TPSA) is 57.5 Å². The molecule has 2 unspecified atom stereocenters. The van der Waals surface area contributed by atoms with Crippen molar-refractivity contribution in [3.8, 4) is 0 Å². The average Bonchev–Trinajstić information content (AvgIpc) is 3.34. The van der Waals surface area contributed by atoms with Crippen molar-refractivity contribution in [2.75, 3.05) is 0 Å². The SMILES string of the molecule is C1=Cc2ccccc2C1.O=C(O)c1ccc(CC2Cc3ccccc3C2O)cc1. The van der Waals surface area contributed by atoms with Gasteiger partial charge in [0, 0.05) is 0 Å². The molecule has 3 nitrogen and oxygen atoms in total. The zero-order chi connectivity index (χ0) is 20.2. The Balaban J connectivity index is 0.000000188. The third-order valence-electron chi connectivity index (χ3n) is 5.69. The van der Waals surface area contributed by atoms with Crippen LogP contribution < -0.4 is 0 Å². The molecule has 0 saturated heterocycles. The number of rotatable bonds is 3. The van der Waals surface area contributed by atoms with Crippen LogP contribution >= 0.6 is 0 Å². The second kappa shape index (κ2) is 8.46. The van der Waals surface area contributed by atoms with Crippen molar-refractivity contribution in [3.05, 3.63) is 112 Å². The van der Waals surface area contributed by atoms with Gasteiger partial charge in [-0.2, -0.15) is 0 Å². The van der Waals surface area contributed by atoms with E-state index >= 15 is 0 Å². The average molecular weight is 384 g/mol. The quantitative estimate of drug-likeness (QED) is 0.661. The van der Waals surface area contributed by atoms with Crippen molar-refractivity contribution in [2.24, 2.45) is 5.92 Å². The first-order valence-corrected chi connectivity index (χ1v) is 9.94. The summed E-state index contributed by atoms with van der Waals surface area (Å²) >= 11 is 0. The molecule has 0 saturated carbocycles. The summed E-state index contributed by atoms with van der Waals surface area (Å²) in [6.07, 6.45) is 6.70. The van der Waals surface area contributed by atoms with Crippen LogP contribution in [-0.4, -0.2) is 16.2 Å². The van der Waals surface area contributed by atoms with Crippen LogP contribution in [0, 0.1) is 5.92 Å². The van der Waals surface area contributed by atoms with Crippen LogP contribution in [0.4, 0.5) is 0 Å². The highest BCUT2D eigenvalue weighted by Gasteiger charge is 2.30. The maximum absolute atomic E-state index is 10.8. The van der Waals surface area contributed by atoms with Crippen LogP contribution in [0.1, 0.15) is 44.3 Å². The van der Waals surface area contributed by atoms with Crippen LogP contribution in [0.3, 0.4) is 0 Å². The number of allylic oxidation sites excluding steroid dienone is 1. The third-order valence-corrected chi connectivity index (χ3v) is 5.69. The molecule has 2 atom stereocenters. The molecule has 0 aromatic heterocycles. The number of benzene rings is 3. The lowest BCUT2D eigenvalue weighted by atomic mass is 9.94. The van der Waals surface area contributed by atoms with Gasteiger partial charge in [0.2, 0.25) is 0 Å². The van der Waals surface area contributed by atoms with Gasteiger partial charge in [-0.05, 0) is 65.1 Å². The van der Waals surface area contributed by atoms with E-state index in [2.05, 4.69) is 42.5 Å². The molecule has 0 heterocycles. The van der Waals surface area contributed by atoms with Crippen molar-refractivity contribution in [1.82, 2.24) is 0 Å². The molecule has 146 valence electrons. The summed E-state index contributed by atoms with van der Waals surface area (Å²) < 4.78 is 0. The minimum Gasteiger partial charge on any atom is -0.478 e. The highest BCUT2D eigenvalue weighted by molar-refractivity contribution is 5.87. The lowest BCUT2D eigenvalue weighted by molar-refractivity contribution is 0.0696. The van der Waals surface area contributed by atoms with Crippen molar-refractivity contribution in [2.45, 2.75) is 25.4 Å². The van der Waals surface area contributed by atoms with Crippen LogP contribution in [0.5, 0.6) is 0 Å². The Morgan fingerprint density at radius 1 is 0.897 bits per heavy atom. The van der Waals surface area contributed by atoms with Gasteiger partial charge in [0.15, 0.2) is 0 Å². The first kappa shape index (κ1) is 19.2. The third kappa shape index (κ3) is 4.30. The maximum Gasteiger partial charge on any atom is 0.335 e. The maximum atomic E-state index is 10.8. The molecule has 0 radical (unpaired) electrons. The number of hydrogen-bond acceptors (Lipinski definition) is 2. The molecule has 3 aromatic carbocycles. The standard InChI is InChI=1S/C17H16O3.C9H8/c18-16-14(10-13-3-1-2-4-15(13)16)9-11-5-7-12(8-6-11)17(19)20;1-2-5-9-7-3-6-8(9)4-1/h1-8,14,16,18H,9-10H2,(H,19,20);1-6H,7H2. The van der Waals surface area contributed by atoms with Gasteiger partial charge in [-0.15, -0.1) is 0 Å². The minimum absolute atomic E-state index is 0.170. The molecule has 2 aliphatic rings. The molecule has 0 bridgehead atoms. The Labute approximate surface area is 171 Å². The Morgan fingerprint density at radius 3 is 2.28 bits per heavy atom. The monoisotopic (exact) mass is 384 g/mol. The van der Waals surface area contributed by atoms with E-state index in [1.165, 1.54) is 16.7 Å². The number of aliphatic hydroxyl groups is 1. The van der Waals surface area contributed by atoms with Crippen molar-refractivity contribution in [1.29, 1.82) is 0 Å². The fourth-order valence-corrected chi connectivity index (χ4v) is 4.12. The Morgan fingerprint density at radius 2 is 1.59 bits per heavy atom. The molecule has 5 rings (SSSR count). The summed E-state index contributed by atoms with van der Waals surface area (Å²) in [6, 6.07) is 23.4. The number of carboxylic acids is 1. The van der Waals surface area contributed by atoms with Gasteiger partial charge in [-0.25, -0.2) is 4.79 Å². The van der Waals surface area contributed by atoms with Crippen molar-refractivity contribution in [3.63, 3.8) is 0 Å². The van der Waals surface area contributed by atoms with Crippen LogP contribution in [0.15, 0.2) is 78.9 Å². The second-order valence-corrected chi connectivity index (χ2v) is 7.62. The van der Waals surface area contributed by atoms with Gasteiger partial charge in [0.05, 0.1) is 11.7 Å². The number of carboxylic acid groups (broad SMARTS) is 1. The van der Waals surface area contributed by atoms with Gasteiger partial charge in [0.25, 0.3) is 0 Å². The summed E-state index contributed by atoms with van der Waals surface area (Å²) in [5.41, 5.74) is 6.44. The van der Waals surface area contributed by atoms with E-state index in [9.17, 15) is 9.90 Å². The van der Waals surface area contributed by atoms with E-state index in [0.717, 1.165) is 30.4 Å². The molecular formula is C26H24O3. The minimum atomic E-state index is -0.912. The molecule has 2 N–H and O–H groups in total. The molecular weight excluding hydrogens is 360 g/mol. The lowest BCUT2D eigenvalue weighted by Crippen LogP contribution is -2.10.